The highest BCUT2D eigenvalue weighted by Gasteiger charge is 2.20. The Morgan fingerprint density at radius 3 is 1.95 bits per heavy atom. The van der Waals surface area contributed by atoms with E-state index in [9.17, 15) is 4.79 Å². The van der Waals surface area contributed by atoms with E-state index in [0.29, 0.717) is 11.4 Å². The van der Waals surface area contributed by atoms with Crippen LogP contribution in [0.5, 0.6) is 0 Å². The van der Waals surface area contributed by atoms with Crippen molar-refractivity contribution in [2.24, 2.45) is 0 Å². The van der Waals surface area contributed by atoms with Gasteiger partial charge in [0.25, 0.3) is 0 Å². The fraction of sp³-hybridized carbons (Fsp3) is 0.625. The van der Waals surface area contributed by atoms with E-state index < -0.39 is 0 Å². The zero-order chi connectivity index (χ0) is 15.7. The molecule has 4 heteroatoms. The van der Waals surface area contributed by atoms with Crippen LogP contribution in [-0.4, -0.2) is 21.8 Å². The first-order valence-corrected chi connectivity index (χ1v) is 6.98. The average Bonchev–Trinajstić information content (AvgIpc) is 2.08. The zero-order valence-electron chi connectivity index (χ0n) is 13.9. The number of rotatable bonds is 3. The molecule has 0 spiro atoms. The molecule has 2 N–H and O–H groups in total. The van der Waals surface area contributed by atoms with Crippen molar-refractivity contribution >= 4 is 17.4 Å². The van der Waals surface area contributed by atoms with Crippen LogP contribution in [-0.2, 0) is 0 Å². The minimum absolute atomic E-state index is 0.0315. The van der Waals surface area contributed by atoms with Gasteiger partial charge >= 0.3 is 0 Å². The Hall–Kier alpha value is -1.58. The van der Waals surface area contributed by atoms with E-state index in [-0.39, 0.29) is 16.9 Å². The van der Waals surface area contributed by atoms with Gasteiger partial charge in [0.1, 0.15) is 11.6 Å². The number of nitrogens with one attached hydrogen (secondary N) is 2. The van der Waals surface area contributed by atoms with Crippen LogP contribution in [0.4, 0.5) is 11.6 Å². The molecular weight excluding hydrogens is 250 g/mol. The Morgan fingerprint density at radius 1 is 1.05 bits per heavy atom. The third kappa shape index (κ3) is 4.83. The second-order valence-electron chi connectivity index (χ2n) is 7.35. The lowest BCUT2D eigenvalue weighted by atomic mass is 10.0. The summed E-state index contributed by atoms with van der Waals surface area (Å²) in [5.74, 6) is 1.47. The van der Waals surface area contributed by atoms with Gasteiger partial charge in [0.15, 0.2) is 5.78 Å². The van der Waals surface area contributed by atoms with Gasteiger partial charge in [-0.05, 0) is 67.0 Å². The maximum Gasteiger partial charge on any atom is 0.163 e. The molecule has 20 heavy (non-hydrogen) atoms. The molecule has 0 aliphatic carbocycles. The molecule has 0 amide bonds. The van der Waals surface area contributed by atoms with Gasteiger partial charge < -0.3 is 10.6 Å². The third-order valence-corrected chi connectivity index (χ3v) is 2.57. The monoisotopic (exact) mass is 277 g/mol. The number of carbonyl (C=O) groups excluding carboxylic acids is 1. The number of carbonyl (C=O) groups is 1. The van der Waals surface area contributed by atoms with Gasteiger partial charge in [-0.3, -0.25) is 4.79 Å². The number of anilines is 2. The van der Waals surface area contributed by atoms with Crippen molar-refractivity contribution in [2.75, 3.05) is 10.6 Å². The Balaban J connectivity index is 3.32. The molecule has 0 unspecified atom stereocenters. The second kappa shape index (κ2) is 5.43. The van der Waals surface area contributed by atoms with Crippen LogP contribution in [0.1, 0.15) is 64.4 Å². The molecular formula is C16H27N3O. The van der Waals surface area contributed by atoms with Crippen molar-refractivity contribution < 1.29 is 4.79 Å². The summed E-state index contributed by atoms with van der Waals surface area (Å²) in [6.07, 6.45) is 0. The molecule has 0 saturated carbocycles. The van der Waals surface area contributed by atoms with E-state index in [0.717, 1.165) is 11.4 Å². The molecule has 0 aliphatic heterocycles. The molecule has 0 saturated heterocycles. The van der Waals surface area contributed by atoms with Crippen LogP contribution in [0, 0.1) is 6.92 Å². The molecule has 0 aromatic carbocycles. The maximum atomic E-state index is 11.9. The maximum absolute atomic E-state index is 11.9. The molecule has 0 fully saturated rings. The Labute approximate surface area is 122 Å². The number of hydrogen-bond acceptors (Lipinski definition) is 4. The molecule has 112 valence electrons. The molecule has 1 heterocycles. The Bertz CT molecular complexity index is 508. The fourth-order valence-corrected chi connectivity index (χ4v) is 2.01. The largest absolute Gasteiger partial charge is 0.365 e. The van der Waals surface area contributed by atoms with Gasteiger partial charge in [-0.2, -0.15) is 0 Å². The van der Waals surface area contributed by atoms with Crippen molar-refractivity contribution in [3.05, 3.63) is 17.2 Å². The highest BCUT2D eigenvalue weighted by Crippen LogP contribution is 2.26. The number of ketones is 1. The molecule has 0 aliphatic rings. The van der Waals surface area contributed by atoms with Gasteiger partial charge in [0.05, 0.1) is 5.56 Å². The SMILES string of the molecule is CC(=O)c1c(C)cc(NC(C)(C)C)nc1NC(C)(C)C. The summed E-state index contributed by atoms with van der Waals surface area (Å²) < 4.78 is 0. The number of aryl methyl sites for hydroxylation is 1. The van der Waals surface area contributed by atoms with E-state index in [1.54, 1.807) is 6.92 Å². The predicted octanol–water partition coefficient (Wildman–Crippen LogP) is 4.01. The third-order valence-electron chi connectivity index (χ3n) is 2.57. The van der Waals surface area contributed by atoms with Gasteiger partial charge in [-0.25, -0.2) is 4.98 Å². The molecule has 1 aromatic rings. The molecule has 0 radical (unpaired) electrons. The van der Waals surface area contributed by atoms with Crippen LogP contribution in [0.2, 0.25) is 0 Å². The van der Waals surface area contributed by atoms with Crippen LogP contribution < -0.4 is 10.6 Å². The Kier molecular flexibility index (Phi) is 4.47. The molecule has 0 atom stereocenters. The number of aromatic nitrogens is 1. The van der Waals surface area contributed by atoms with Crippen molar-refractivity contribution in [1.82, 2.24) is 4.98 Å². The zero-order valence-corrected chi connectivity index (χ0v) is 13.9. The van der Waals surface area contributed by atoms with E-state index in [1.807, 2.05) is 13.0 Å². The smallest absolute Gasteiger partial charge is 0.163 e. The lowest BCUT2D eigenvalue weighted by Crippen LogP contribution is -2.30. The van der Waals surface area contributed by atoms with Gasteiger partial charge in [0.2, 0.25) is 0 Å². The van der Waals surface area contributed by atoms with Gasteiger partial charge in [-0.1, -0.05) is 0 Å². The second-order valence-corrected chi connectivity index (χ2v) is 7.35. The lowest BCUT2D eigenvalue weighted by molar-refractivity contribution is 0.101. The standard InChI is InChI=1S/C16H27N3O/c1-10-9-12(18-15(3,4)5)17-14(13(10)11(2)20)19-16(6,7)8/h9H,1-8H3,(H2,17,18,19). The first kappa shape index (κ1) is 16.5. The highest BCUT2D eigenvalue weighted by atomic mass is 16.1. The van der Waals surface area contributed by atoms with Crippen LogP contribution in [0.25, 0.3) is 0 Å². The van der Waals surface area contributed by atoms with Gasteiger partial charge in [-0.15, -0.1) is 0 Å². The summed E-state index contributed by atoms with van der Waals surface area (Å²) in [6, 6.07) is 1.93. The first-order chi connectivity index (χ1) is 8.89. The summed E-state index contributed by atoms with van der Waals surface area (Å²) in [6.45, 7) is 15.9. The van der Waals surface area contributed by atoms with Crippen LogP contribution in [0.15, 0.2) is 6.07 Å². The number of nitrogens with zero attached hydrogens (tertiary/aromatic N) is 1. The minimum atomic E-state index is -0.149. The fourth-order valence-electron chi connectivity index (χ4n) is 2.01. The topological polar surface area (TPSA) is 54.0 Å². The normalized spacial score (nSPS) is 12.2. The number of pyridine rings is 1. The number of hydrogen-bond donors (Lipinski definition) is 2. The van der Waals surface area contributed by atoms with Crippen molar-refractivity contribution in [2.45, 2.75) is 66.5 Å². The minimum Gasteiger partial charge on any atom is -0.365 e. The van der Waals surface area contributed by atoms with Crippen LogP contribution in [0.3, 0.4) is 0 Å². The van der Waals surface area contributed by atoms with E-state index in [4.69, 9.17) is 0 Å². The van der Waals surface area contributed by atoms with E-state index >= 15 is 0 Å². The Morgan fingerprint density at radius 2 is 1.55 bits per heavy atom. The summed E-state index contributed by atoms with van der Waals surface area (Å²) in [7, 11) is 0. The summed E-state index contributed by atoms with van der Waals surface area (Å²) in [5, 5.41) is 6.68. The molecule has 4 nitrogen and oxygen atoms in total. The van der Waals surface area contributed by atoms with Crippen molar-refractivity contribution in [1.29, 1.82) is 0 Å². The lowest BCUT2D eigenvalue weighted by Gasteiger charge is -2.26. The molecule has 0 bridgehead atoms. The summed E-state index contributed by atoms with van der Waals surface area (Å²) in [5.41, 5.74) is 1.38. The first-order valence-electron chi connectivity index (χ1n) is 6.98. The van der Waals surface area contributed by atoms with Gasteiger partial charge in [0, 0.05) is 11.1 Å². The van der Waals surface area contributed by atoms with E-state index in [2.05, 4.69) is 57.2 Å². The summed E-state index contributed by atoms with van der Waals surface area (Å²) in [4.78, 5) is 16.5. The average molecular weight is 277 g/mol. The number of Topliss-reactive ketones (excluding diaryl/α,β-unsaturated/α-hetero) is 1. The molecule has 1 aromatic heterocycles. The summed E-state index contributed by atoms with van der Waals surface area (Å²) >= 11 is 0. The predicted molar refractivity (Wildman–Crippen MR) is 85.7 cm³/mol. The molecule has 1 rings (SSSR count). The van der Waals surface area contributed by atoms with Crippen molar-refractivity contribution in [3.8, 4) is 0 Å². The highest BCUT2D eigenvalue weighted by molar-refractivity contribution is 6.00. The van der Waals surface area contributed by atoms with Crippen LogP contribution >= 0.6 is 0 Å². The van der Waals surface area contributed by atoms with Crippen molar-refractivity contribution in [3.63, 3.8) is 0 Å². The van der Waals surface area contributed by atoms with E-state index in [1.165, 1.54) is 0 Å². The quantitative estimate of drug-likeness (QED) is 0.820.